The van der Waals surface area contributed by atoms with Gasteiger partial charge in [-0.3, -0.25) is 14.8 Å². The molecule has 0 aromatic heterocycles. The molecule has 4 heteroatoms. The van der Waals surface area contributed by atoms with Crippen LogP contribution in [-0.4, -0.2) is 29.1 Å². The molecule has 1 N–H and O–H groups in total. The predicted molar refractivity (Wildman–Crippen MR) is 111 cm³/mol. The maximum absolute atomic E-state index is 13.8. The summed E-state index contributed by atoms with van der Waals surface area (Å²) in [6.07, 6.45) is 1.92. The first-order valence-corrected chi connectivity index (χ1v) is 9.69. The number of aliphatic hydroxyl groups is 1. The average Bonchev–Trinajstić information content (AvgIpc) is 2.80. The molecule has 1 heterocycles. The number of nitrogens with zero attached hydrogens (tertiary/aromatic N) is 2. The van der Waals surface area contributed by atoms with E-state index in [1.807, 2.05) is 96.0 Å². The lowest BCUT2D eigenvalue weighted by Gasteiger charge is -2.44. The van der Waals surface area contributed by atoms with E-state index in [2.05, 4.69) is 0 Å². The summed E-state index contributed by atoms with van der Waals surface area (Å²) in [4.78, 5) is 13.8. The molecule has 0 bridgehead atoms. The molecule has 142 valence electrons. The number of hydrogen-bond acceptors (Lipinski definition) is 3. The van der Waals surface area contributed by atoms with Crippen LogP contribution in [0.5, 0.6) is 0 Å². The topological polar surface area (TPSA) is 43.8 Å². The highest BCUT2D eigenvalue weighted by Gasteiger charge is 2.44. The number of benzene rings is 3. The summed E-state index contributed by atoms with van der Waals surface area (Å²) in [5, 5.41) is 15.5. The van der Waals surface area contributed by atoms with Crippen molar-refractivity contribution in [3.8, 4) is 0 Å². The quantitative estimate of drug-likeness (QED) is 0.754. The molecule has 0 aliphatic carbocycles. The van der Waals surface area contributed by atoms with E-state index in [0.717, 1.165) is 25.1 Å². The molecule has 4 nitrogen and oxygen atoms in total. The number of carbonyl (C=O) groups excluding carboxylic acids is 1. The third-order valence-electron chi connectivity index (χ3n) is 5.26. The van der Waals surface area contributed by atoms with Gasteiger partial charge in [0.25, 0.3) is 5.91 Å². The number of hydrazine groups is 1. The van der Waals surface area contributed by atoms with Crippen LogP contribution in [0.25, 0.3) is 0 Å². The number of carbonyl (C=O) groups is 1. The van der Waals surface area contributed by atoms with E-state index >= 15 is 0 Å². The Morgan fingerprint density at radius 2 is 1.18 bits per heavy atom. The van der Waals surface area contributed by atoms with Crippen LogP contribution in [0.15, 0.2) is 91.0 Å². The van der Waals surface area contributed by atoms with E-state index in [-0.39, 0.29) is 5.91 Å². The fourth-order valence-electron chi connectivity index (χ4n) is 3.80. The van der Waals surface area contributed by atoms with Gasteiger partial charge >= 0.3 is 0 Å². The van der Waals surface area contributed by atoms with Crippen molar-refractivity contribution in [1.29, 1.82) is 0 Å². The first-order chi connectivity index (χ1) is 13.7. The molecule has 28 heavy (non-hydrogen) atoms. The van der Waals surface area contributed by atoms with Crippen molar-refractivity contribution in [2.45, 2.75) is 18.4 Å². The van der Waals surface area contributed by atoms with Gasteiger partial charge < -0.3 is 5.11 Å². The molecule has 3 aromatic rings. The standard InChI is InChI=1S/C24H24N2O2/c27-23(26-19-11-10-18-25(26)22-16-8-3-9-17-22)24(28,20-12-4-1-5-13-20)21-14-6-2-7-15-21/h1-9,12-17,28H,10-11,18-19H2. The molecule has 1 amide bonds. The van der Waals surface area contributed by atoms with E-state index in [9.17, 15) is 9.90 Å². The molecule has 4 rings (SSSR count). The minimum Gasteiger partial charge on any atom is -0.372 e. The molecular formula is C24H24N2O2. The molecule has 0 atom stereocenters. The molecule has 1 aliphatic heterocycles. The van der Waals surface area contributed by atoms with E-state index in [1.165, 1.54) is 0 Å². The van der Waals surface area contributed by atoms with Crippen molar-refractivity contribution in [2.24, 2.45) is 0 Å². The van der Waals surface area contributed by atoms with Crippen molar-refractivity contribution < 1.29 is 9.90 Å². The maximum atomic E-state index is 13.8. The van der Waals surface area contributed by atoms with Gasteiger partial charge in [-0.05, 0) is 36.1 Å². The zero-order chi connectivity index (χ0) is 19.4. The Morgan fingerprint density at radius 3 is 1.71 bits per heavy atom. The smallest absolute Gasteiger partial charge is 0.282 e. The predicted octanol–water partition coefficient (Wildman–Crippen LogP) is 3.97. The first-order valence-electron chi connectivity index (χ1n) is 9.69. The van der Waals surface area contributed by atoms with Crippen LogP contribution in [0.2, 0.25) is 0 Å². The zero-order valence-electron chi connectivity index (χ0n) is 15.7. The minimum atomic E-state index is -1.74. The largest absolute Gasteiger partial charge is 0.372 e. The monoisotopic (exact) mass is 372 g/mol. The number of anilines is 1. The lowest BCUT2D eigenvalue weighted by Crippen LogP contribution is -2.57. The van der Waals surface area contributed by atoms with Crippen LogP contribution >= 0.6 is 0 Å². The Morgan fingerprint density at radius 1 is 0.714 bits per heavy atom. The van der Waals surface area contributed by atoms with Gasteiger partial charge in [-0.1, -0.05) is 78.9 Å². The van der Waals surface area contributed by atoms with Crippen LogP contribution < -0.4 is 5.01 Å². The second-order valence-electron chi connectivity index (χ2n) is 7.04. The van der Waals surface area contributed by atoms with Gasteiger partial charge in [0.15, 0.2) is 5.60 Å². The summed E-state index contributed by atoms with van der Waals surface area (Å²) in [6.45, 7) is 1.32. The summed E-state index contributed by atoms with van der Waals surface area (Å²) < 4.78 is 0. The van der Waals surface area contributed by atoms with E-state index in [4.69, 9.17) is 0 Å². The SMILES string of the molecule is O=C(N1CCCCN1c1ccccc1)C(O)(c1ccccc1)c1ccccc1. The number of rotatable bonds is 4. The van der Waals surface area contributed by atoms with Crippen molar-refractivity contribution in [3.05, 3.63) is 102 Å². The number of amides is 1. The highest BCUT2D eigenvalue weighted by molar-refractivity contribution is 5.91. The molecule has 0 saturated carbocycles. The minimum absolute atomic E-state index is 0.326. The summed E-state index contributed by atoms with van der Waals surface area (Å²) in [6, 6.07) is 28.3. The normalized spacial score (nSPS) is 14.8. The van der Waals surface area contributed by atoms with Crippen LogP contribution in [0.3, 0.4) is 0 Å². The Bertz CT molecular complexity index is 874. The molecule has 1 aliphatic rings. The van der Waals surface area contributed by atoms with E-state index < -0.39 is 5.60 Å². The van der Waals surface area contributed by atoms with Crippen molar-refractivity contribution in [2.75, 3.05) is 18.1 Å². The van der Waals surface area contributed by atoms with Crippen LogP contribution in [0, 0.1) is 0 Å². The summed E-state index contributed by atoms with van der Waals surface area (Å²) in [5.74, 6) is -0.326. The third kappa shape index (κ3) is 3.27. The highest BCUT2D eigenvalue weighted by Crippen LogP contribution is 2.34. The first kappa shape index (κ1) is 18.3. The van der Waals surface area contributed by atoms with Gasteiger partial charge in [0.1, 0.15) is 0 Å². The fraction of sp³-hybridized carbons (Fsp3) is 0.208. The summed E-state index contributed by atoms with van der Waals surface area (Å²) in [5.41, 5.74) is 0.362. The fourth-order valence-corrected chi connectivity index (χ4v) is 3.80. The molecular weight excluding hydrogens is 348 g/mol. The van der Waals surface area contributed by atoms with Gasteiger partial charge in [-0.2, -0.15) is 0 Å². The Balaban J connectivity index is 1.79. The van der Waals surface area contributed by atoms with Crippen molar-refractivity contribution in [3.63, 3.8) is 0 Å². The molecule has 0 unspecified atom stereocenters. The Kier molecular flexibility index (Phi) is 5.13. The molecule has 1 fully saturated rings. The third-order valence-corrected chi connectivity index (χ3v) is 5.26. The molecule has 0 radical (unpaired) electrons. The zero-order valence-corrected chi connectivity index (χ0v) is 15.7. The lowest BCUT2D eigenvalue weighted by atomic mass is 9.85. The van der Waals surface area contributed by atoms with Crippen LogP contribution in [-0.2, 0) is 10.4 Å². The van der Waals surface area contributed by atoms with Gasteiger partial charge in [0.2, 0.25) is 0 Å². The van der Waals surface area contributed by atoms with Crippen molar-refractivity contribution in [1.82, 2.24) is 5.01 Å². The van der Waals surface area contributed by atoms with E-state index in [1.54, 1.807) is 5.01 Å². The van der Waals surface area contributed by atoms with Gasteiger partial charge in [-0.25, -0.2) is 0 Å². The van der Waals surface area contributed by atoms with Gasteiger partial charge in [0.05, 0.1) is 5.69 Å². The molecule has 3 aromatic carbocycles. The average molecular weight is 372 g/mol. The Labute approximate surface area is 165 Å². The van der Waals surface area contributed by atoms with Crippen LogP contribution in [0.1, 0.15) is 24.0 Å². The second-order valence-corrected chi connectivity index (χ2v) is 7.04. The second kappa shape index (κ2) is 7.87. The summed E-state index contributed by atoms with van der Waals surface area (Å²) in [7, 11) is 0. The van der Waals surface area contributed by atoms with Gasteiger partial charge in [0, 0.05) is 13.1 Å². The highest BCUT2D eigenvalue weighted by atomic mass is 16.3. The van der Waals surface area contributed by atoms with Gasteiger partial charge in [-0.15, -0.1) is 0 Å². The van der Waals surface area contributed by atoms with Crippen LogP contribution in [0.4, 0.5) is 5.69 Å². The van der Waals surface area contributed by atoms with Crippen molar-refractivity contribution >= 4 is 11.6 Å². The number of para-hydroxylation sites is 1. The Hall–Kier alpha value is -3.11. The lowest BCUT2D eigenvalue weighted by molar-refractivity contribution is -0.149. The molecule has 1 saturated heterocycles. The molecule has 0 spiro atoms. The maximum Gasteiger partial charge on any atom is 0.282 e. The number of hydrogen-bond donors (Lipinski definition) is 1. The summed E-state index contributed by atoms with van der Waals surface area (Å²) >= 11 is 0. The van der Waals surface area contributed by atoms with E-state index in [0.29, 0.717) is 17.7 Å².